The molecule has 0 saturated heterocycles. The number of aromatic nitrogens is 2. The fraction of sp³-hybridized carbons (Fsp3) is 0.200. The minimum absolute atomic E-state index is 0.383. The van der Waals surface area contributed by atoms with Crippen LogP contribution in [0.25, 0.3) is 0 Å². The first-order chi connectivity index (χ1) is 5.22. The maximum atomic E-state index is 10.1. The first-order valence-electron chi connectivity index (χ1n) is 3.17. The van der Waals surface area contributed by atoms with Gasteiger partial charge in [-0.3, -0.25) is 9.89 Å². The second-order valence-corrected chi connectivity index (χ2v) is 2.15. The molecule has 0 aliphatic carbocycles. The molecule has 5 nitrogen and oxygen atoms in total. The van der Waals surface area contributed by atoms with E-state index in [1.807, 2.05) is 0 Å². The van der Waals surface area contributed by atoms with Crippen molar-refractivity contribution >= 4 is 19.2 Å². The standard InChI is InChI=1S/C5H8BN3O2/c1-6(11)7-5-2-4(3-10)8-9-5/h2-3,11H,1H3,(H2,7,8,9). The van der Waals surface area contributed by atoms with Crippen LogP contribution in [0.1, 0.15) is 10.5 Å². The van der Waals surface area contributed by atoms with Crippen LogP contribution in [-0.2, 0) is 0 Å². The number of carbonyl (C=O) groups excluding carboxylic acids is 1. The summed E-state index contributed by atoms with van der Waals surface area (Å²) in [6, 6.07) is 1.51. The van der Waals surface area contributed by atoms with Crippen LogP contribution in [0.4, 0.5) is 5.82 Å². The third-order valence-corrected chi connectivity index (χ3v) is 1.08. The van der Waals surface area contributed by atoms with E-state index >= 15 is 0 Å². The lowest BCUT2D eigenvalue weighted by Crippen LogP contribution is -2.19. The van der Waals surface area contributed by atoms with Crippen LogP contribution in [0.15, 0.2) is 6.07 Å². The highest BCUT2D eigenvalue weighted by atomic mass is 16.2. The zero-order valence-electron chi connectivity index (χ0n) is 6.03. The number of nitrogens with zero attached hydrogens (tertiary/aromatic N) is 1. The summed E-state index contributed by atoms with van der Waals surface area (Å²) < 4.78 is 0. The molecule has 0 radical (unpaired) electrons. The van der Waals surface area contributed by atoms with Gasteiger partial charge in [0.05, 0.1) is 5.69 Å². The minimum Gasteiger partial charge on any atom is -0.433 e. The lowest BCUT2D eigenvalue weighted by molar-refractivity contribution is 0.111. The molecule has 11 heavy (non-hydrogen) atoms. The summed E-state index contributed by atoms with van der Waals surface area (Å²) in [5, 5.41) is 17.6. The van der Waals surface area contributed by atoms with Crippen LogP contribution in [0.5, 0.6) is 0 Å². The molecule has 0 saturated carbocycles. The third kappa shape index (κ3) is 2.08. The molecule has 0 unspecified atom stereocenters. The van der Waals surface area contributed by atoms with Crippen molar-refractivity contribution in [3.05, 3.63) is 11.8 Å². The number of hydrogen-bond donors (Lipinski definition) is 3. The fourth-order valence-corrected chi connectivity index (χ4v) is 0.685. The van der Waals surface area contributed by atoms with Crippen molar-refractivity contribution in [2.75, 3.05) is 5.23 Å². The van der Waals surface area contributed by atoms with Gasteiger partial charge in [0.15, 0.2) is 6.29 Å². The van der Waals surface area contributed by atoms with E-state index in [1.54, 1.807) is 6.82 Å². The Balaban J connectivity index is 2.65. The smallest absolute Gasteiger partial charge is 0.408 e. The van der Waals surface area contributed by atoms with Crippen LogP contribution in [0, 0.1) is 0 Å². The Bertz CT molecular complexity index is 248. The maximum absolute atomic E-state index is 10.1. The molecule has 1 heterocycles. The minimum atomic E-state index is -0.669. The van der Waals surface area contributed by atoms with E-state index < -0.39 is 7.05 Å². The van der Waals surface area contributed by atoms with E-state index in [1.165, 1.54) is 6.07 Å². The Morgan fingerprint density at radius 2 is 2.64 bits per heavy atom. The monoisotopic (exact) mass is 153 g/mol. The van der Waals surface area contributed by atoms with Crippen molar-refractivity contribution in [3.63, 3.8) is 0 Å². The molecule has 0 aliphatic rings. The molecule has 0 amide bonds. The molecule has 0 atom stereocenters. The van der Waals surface area contributed by atoms with Crippen molar-refractivity contribution in [3.8, 4) is 0 Å². The summed E-state index contributed by atoms with van der Waals surface area (Å²) in [5.74, 6) is 0.460. The lowest BCUT2D eigenvalue weighted by Gasteiger charge is -1.98. The molecule has 1 rings (SSSR count). The number of hydrogen-bond acceptors (Lipinski definition) is 4. The highest BCUT2D eigenvalue weighted by Crippen LogP contribution is 2.02. The second-order valence-electron chi connectivity index (χ2n) is 2.15. The summed E-state index contributed by atoms with van der Waals surface area (Å²) >= 11 is 0. The van der Waals surface area contributed by atoms with Gasteiger partial charge >= 0.3 is 7.05 Å². The SMILES string of the molecule is CB(O)Nc1cc(C=O)[nH]n1. The number of H-pyrrole nitrogens is 1. The summed E-state index contributed by atoms with van der Waals surface area (Å²) in [4.78, 5) is 10.1. The van der Waals surface area contributed by atoms with Crippen LogP contribution in [0.2, 0.25) is 6.82 Å². The number of anilines is 1. The Labute approximate surface area is 63.9 Å². The van der Waals surface area contributed by atoms with Crippen molar-refractivity contribution in [1.29, 1.82) is 0 Å². The highest BCUT2D eigenvalue weighted by molar-refractivity contribution is 6.52. The van der Waals surface area contributed by atoms with E-state index in [4.69, 9.17) is 5.02 Å². The van der Waals surface area contributed by atoms with Gasteiger partial charge in [0.2, 0.25) is 0 Å². The van der Waals surface area contributed by atoms with E-state index in [2.05, 4.69) is 15.4 Å². The molecule has 0 spiro atoms. The summed E-state index contributed by atoms with van der Waals surface area (Å²) in [5.41, 5.74) is 0.383. The zero-order chi connectivity index (χ0) is 8.27. The first kappa shape index (κ1) is 7.81. The van der Waals surface area contributed by atoms with Crippen molar-refractivity contribution < 1.29 is 9.82 Å². The van der Waals surface area contributed by atoms with Gasteiger partial charge in [-0.1, -0.05) is 0 Å². The molecule has 0 aliphatic heterocycles. The Morgan fingerprint density at radius 1 is 1.91 bits per heavy atom. The molecule has 6 heteroatoms. The number of nitrogens with one attached hydrogen (secondary N) is 2. The average molecular weight is 153 g/mol. The molecule has 0 bridgehead atoms. The number of aromatic amines is 1. The predicted octanol–water partition coefficient (Wildman–Crippen LogP) is -0.256. The van der Waals surface area contributed by atoms with Crippen LogP contribution in [-0.4, -0.2) is 28.6 Å². The van der Waals surface area contributed by atoms with Gasteiger partial charge in [-0.2, -0.15) is 5.10 Å². The largest absolute Gasteiger partial charge is 0.433 e. The Hall–Kier alpha value is -1.30. The van der Waals surface area contributed by atoms with Crippen molar-refractivity contribution in [1.82, 2.24) is 10.2 Å². The Kier molecular flexibility index (Phi) is 2.27. The molecular formula is C5H8BN3O2. The molecule has 58 valence electrons. The third-order valence-electron chi connectivity index (χ3n) is 1.08. The van der Waals surface area contributed by atoms with Crippen molar-refractivity contribution in [2.24, 2.45) is 0 Å². The quantitative estimate of drug-likeness (QED) is 0.413. The topological polar surface area (TPSA) is 78.0 Å². The second kappa shape index (κ2) is 3.20. The highest BCUT2D eigenvalue weighted by Gasteiger charge is 2.05. The molecular weight excluding hydrogens is 145 g/mol. The van der Waals surface area contributed by atoms with Gasteiger partial charge in [0.1, 0.15) is 5.82 Å². The Morgan fingerprint density at radius 3 is 3.09 bits per heavy atom. The number of aldehydes is 1. The van der Waals surface area contributed by atoms with Crippen LogP contribution < -0.4 is 5.23 Å². The van der Waals surface area contributed by atoms with Gasteiger partial charge < -0.3 is 10.3 Å². The van der Waals surface area contributed by atoms with Gasteiger partial charge in [0, 0.05) is 6.07 Å². The fourth-order valence-electron chi connectivity index (χ4n) is 0.685. The molecule has 0 fully saturated rings. The normalized spacial score (nSPS) is 9.27. The van der Waals surface area contributed by atoms with Gasteiger partial charge in [0.25, 0.3) is 0 Å². The summed E-state index contributed by atoms with van der Waals surface area (Å²) in [6.45, 7) is 1.56. The van der Waals surface area contributed by atoms with E-state index in [-0.39, 0.29) is 0 Å². The molecule has 1 aromatic heterocycles. The van der Waals surface area contributed by atoms with E-state index in [0.29, 0.717) is 17.8 Å². The molecule has 3 N–H and O–H groups in total. The van der Waals surface area contributed by atoms with Gasteiger partial charge in [-0.15, -0.1) is 0 Å². The van der Waals surface area contributed by atoms with Crippen molar-refractivity contribution in [2.45, 2.75) is 6.82 Å². The lowest BCUT2D eigenvalue weighted by atomic mass is 9.89. The zero-order valence-corrected chi connectivity index (χ0v) is 6.03. The molecule has 0 aromatic carbocycles. The summed E-state index contributed by atoms with van der Waals surface area (Å²) in [7, 11) is -0.669. The summed E-state index contributed by atoms with van der Waals surface area (Å²) in [6.07, 6.45) is 0.653. The molecule has 1 aromatic rings. The van der Waals surface area contributed by atoms with Crippen LogP contribution >= 0.6 is 0 Å². The van der Waals surface area contributed by atoms with E-state index in [0.717, 1.165) is 0 Å². The van der Waals surface area contributed by atoms with Gasteiger partial charge in [-0.05, 0) is 6.82 Å². The van der Waals surface area contributed by atoms with E-state index in [9.17, 15) is 4.79 Å². The first-order valence-corrected chi connectivity index (χ1v) is 3.17. The number of rotatable bonds is 3. The predicted molar refractivity (Wildman–Crippen MR) is 41.4 cm³/mol. The van der Waals surface area contributed by atoms with Crippen LogP contribution in [0.3, 0.4) is 0 Å². The average Bonchev–Trinajstić information content (AvgIpc) is 2.34. The maximum Gasteiger partial charge on any atom is 0.408 e. The van der Waals surface area contributed by atoms with Gasteiger partial charge in [-0.25, -0.2) is 0 Å². The number of carbonyl (C=O) groups is 1.